The van der Waals surface area contributed by atoms with E-state index in [1.54, 1.807) is 12.1 Å². The highest BCUT2D eigenvalue weighted by Gasteiger charge is 2.17. The van der Waals surface area contributed by atoms with Gasteiger partial charge < -0.3 is 15.7 Å². The molecule has 0 spiro atoms. The first-order chi connectivity index (χ1) is 8.97. The van der Waals surface area contributed by atoms with Crippen molar-refractivity contribution < 1.29 is 19.5 Å². The van der Waals surface area contributed by atoms with Crippen molar-refractivity contribution >= 4 is 23.6 Å². The number of urea groups is 1. The van der Waals surface area contributed by atoms with E-state index in [-0.39, 0.29) is 23.7 Å². The van der Waals surface area contributed by atoms with Gasteiger partial charge in [0.2, 0.25) is 5.91 Å². The molecule has 0 radical (unpaired) electrons. The standard InChI is InChI=1S/C12H15N3O4/c1-13-10(16)7-14-12(19)15(2)9-6-4-3-5-8(9)11(17)18/h3-6H,7H2,1-2H3,(H,13,16)(H,14,19)(H,17,18). The number of carbonyl (C=O) groups excluding carboxylic acids is 2. The van der Waals surface area contributed by atoms with Crippen LogP contribution in [-0.4, -0.2) is 43.7 Å². The van der Waals surface area contributed by atoms with E-state index in [0.29, 0.717) is 0 Å². The lowest BCUT2D eigenvalue weighted by Gasteiger charge is -2.19. The van der Waals surface area contributed by atoms with Gasteiger partial charge in [-0.25, -0.2) is 9.59 Å². The maximum Gasteiger partial charge on any atom is 0.337 e. The van der Waals surface area contributed by atoms with Crippen LogP contribution in [0.4, 0.5) is 10.5 Å². The summed E-state index contributed by atoms with van der Waals surface area (Å²) >= 11 is 0. The molecule has 1 rings (SSSR count). The van der Waals surface area contributed by atoms with Gasteiger partial charge in [-0.3, -0.25) is 9.69 Å². The Morgan fingerprint density at radius 2 is 1.89 bits per heavy atom. The maximum absolute atomic E-state index is 11.8. The zero-order chi connectivity index (χ0) is 14.4. The molecular weight excluding hydrogens is 250 g/mol. The lowest BCUT2D eigenvalue weighted by Crippen LogP contribution is -2.42. The molecule has 1 aromatic carbocycles. The van der Waals surface area contributed by atoms with Gasteiger partial charge in [0.1, 0.15) is 0 Å². The Morgan fingerprint density at radius 1 is 1.26 bits per heavy atom. The Morgan fingerprint density at radius 3 is 2.47 bits per heavy atom. The number of rotatable bonds is 4. The van der Waals surface area contributed by atoms with Gasteiger partial charge in [0.25, 0.3) is 0 Å². The summed E-state index contributed by atoms with van der Waals surface area (Å²) in [4.78, 5) is 35.0. The van der Waals surface area contributed by atoms with E-state index in [2.05, 4.69) is 10.6 Å². The van der Waals surface area contributed by atoms with E-state index in [9.17, 15) is 14.4 Å². The second-order valence-electron chi connectivity index (χ2n) is 3.71. The fourth-order valence-corrected chi connectivity index (χ4v) is 1.42. The normalized spacial score (nSPS) is 9.58. The third-order valence-electron chi connectivity index (χ3n) is 2.48. The predicted octanol–water partition coefficient (Wildman–Crippen LogP) is 0.277. The minimum absolute atomic E-state index is 0.0140. The Bertz CT molecular complexity index is 502. The minimum atomic E-state index is -1.12. The summed E-state index contributed by atoms with van der Waals surface area (Å²) in [6.07, 6.45) is 0. The number of hydrogen-bond donors (Lipinski definition) is 3. The highest BCUT2D eigenvalue weighted by Crippen LogP contribution is 2.18. The molecule has 3 N–H and O–H groups in total. The molecule has 7 heteroatoms. The number of nitrogens with one attached hydrogen (secondary N) is 2. The lowest BCUT2D eigenvalue weighted by molar-refractivity contribution is -0.119. The van der Waals surface area contributed by atoms with E-state index < -0.39 is 12.0 Å². The molecule has 0 bridgehead atoms. The third kappa shape index (κ3) is 3.70. The number of hydrogen-bond acceptors (Lipinski definition) is 3. The summed E-state index contributed by atoms with van der Waals surface area (Å²) in [5, 5.41) is 13.8. The van der Waals surface area contributed by atoms with Gasteiger partial charge in [-0.05, 0) is 12.1 Å². The number of anilines is 1. The van der Waals surface area contributed by atoms with Gasteiger partial charge >= 0.3 is 12.0 Å². The number of carboxylic acids is 1. The third-order valence-corrected chi connectivity index (χ3v) is 2.48. The topological polar surface area (TPSA) is 98.7 Å². The molecule has 0 saturated heterocycles. The van der Waals surface area contributed by atoms with E-state index >= 15 is 0 Å². The van der Waals surface area contributed by atoms with Crippen molar-refractivity contribution in [3.63, 3.8) is 0 Å². The number of aromatic carboxylic acids is 1. The quantitative estimate of drug-likeness (QED) is 0.728. The fourth-order valence-electron chi connectivity index (χ4n) is 1.42. The van der Waals surface area contributed by atoms with Gasteiger partial charge in [-0.2, -0.15) is 0 Å². The van der Waals surface area contributed by atoms with Crippen molar-refractivity contribution in [1.82, 2.24) is 10.6 Å². The average Bonchev–Trinajstić information content (AvgIpc) is 2.43. The molecular formula is C12H15N3O4. The smallest absolute Gasteiger partial charge is 0.337 e. The first kappa shape index (κ1) is 14.5. The number of benzene rings is 1. The molecule has 0 saturated carbocycles. The van der Waals surface area contributed by atoms with Crippen molar-refractivity contribution in [3.05, 3.63) is 29.8 Å². The zero-order valence-electron chi connectivity index (χ0n) is 10.6. The summed E-state index contributed by atoms with van der Waals surface area (Å²) in [7, 11) is 2.89. The van der Waals surface area contributed by atoms with Crippen LogP contribution in [0.1, 0.15) is 10.4 Å². The summed E-state index contributed by atoms with van der Waals surface area (Å²) < 4.78 is 0. The summed E-state index contributed by atoms with van der Waals surface area (Å²) in [5.74, 6) is -1.46. The van der Waals surface area contributed by atoms with Crippen LogP contribution in [0.25, 0.3) is 0 Å². The van der Waals surface area contributed by atoms with Crippen molar-refractivity contribution in [2.45, 2.75) is 0 Å². The lowest BCUT2D eigenvalue weighted by atomic mass is 10.1. The minimum Gasteiger partial charge on any atom is -0.478 e. The van der Waals surface area contributed by atoms with Crippen molar-refractivity contribution in [2.24, 2.45) is 0 Å². The predicted molar refractivity (Wildman–Crippen MR) is 69.3 cm³/mol. The molecule has 0 aliphatic heterocycles. The van der Waals surface area contributed by atoms with Gasteiger partial charge in [0.05, 0.1) is 17.8 Å². The zero-order valence-corrected chi connectivity index (χ0v) is 10.6. The van der Waals surface area contributed by atoms with Crippen molar-refractivity contribution in [1.29, 1.82) is 0 Å². The van der Waals surface area contributed by atoms with E-state index in [1.165, 1.54) is 26.2 Å². The molecule has 0 aliphatic rings. The molecule has 0 aliphatic carbocycles. The Hall–Kier alpha value is -2.57. The molecule has 102 valence electrons. The molecule has 19 heavy (non-hydrogen) atoms. The number of para-hydroxylation sites is 1. The summed E-state index contributed by atoms with van der Waals surface area (Å²) in [6, 6.07) is 5.56. The van der Waals surface area contributed by atoms with Crippen LogP contribution in [0.3, 0.4) is 0 Å². The number of likely N-dealkylation sites (N-methyl/N-ethyl adjacent to an activating group) is 1. The van der Waals surface area contributed by atoms with E-state index in [0.717, 1.165) is 4.90 Å². The van der Waals surface area contributed by atoms with Crippen LogP contribution < -0.4 is 15.5 Å². The van der Waals surface area contributed by atoms with Crippen LogP contribution in [0.2, 0.25) is 0 Å². The van der Waals surface area contributed by atoms with Crippen LogP contribution in [-0.2, 0) is 4.79 Å². The molecule has 1 aromatic rings. The monoisotopic (exact) mass is 265 g/mol. The Balaban J connectivity index is 2.82. The highest BCUT2D eigenvalue weighted by molar-refractivity contribution is 6.01. The SMILES string of the molecule is CNC(=O)CNC(=O)N(C)c1ccccc1C(=O)O. The average molecular weight is 265 g/mol. The first-order valence-corrected chi connectivity index (χ1v) is 5.51. The highest BCUT2D eigenvalue weighted by atomic mass is 16.4. The summed E-state index contributed by atoms with van der Waals surface area (Å²) in [6.45, 7) is -0.172. The molecule has 0 fully saturated rings. The van der Waals surface area contributed by atoms with Gasteiger partial charge in [-0.15, -0.1) is 0 Å². The maximum atomic E-state index is 11.8. The number of amides is 3. The first-order valence-electron chi connectivity index (χ1n) is 5.51. The second kappa shape index (κ2) is 6.39. The largest absolute Gasteiger partial charge is 0.478 e. The Kier molecular flexibility index (Phi) is 4.87. The number of nitrogens with zero attached hydrogens (tertiary/aromatic N) is 1. The molecule has 0 atom stereocenters. The van der Waals surface area contributed by atoms with Crippen LogP contribution in [0.15, 0.2) is 24.3 Å². The van der Waals surface area contributed by atoms with Crippen LogP contribution in [0.5, 0.6) is 0 Å². The van der Waals surface area contributed by atoms with E-state index in [4.69, 9.17) is 5.11 Å². The van der Waals surface area contributed by atoms with Crippen LogP contribution >= 0.6 is 0 Å². The fraction of sp³-hybridized carbons (Fsp3) is 0.250. The number of carboxylic acid groups (broad SMARTS) is 1. The van der Waals surface area contributed by atoms with Gasteiger partial charge in [-0.1, -0.05) is 12.1 Å². The van der Waals surface area contributed by atoms with Crippen molar-refractivity contribution in [3.8, 4) is 0 Å². The van der Waals surface area contributed by atoms with E-state index in [1.807, 2.05) is 0 Å². The number of carbonyl (C=O) groups is 3. The molecule has 0 unspecified atom stereocenters. The Labute approximate surface area is 110 Å². The molecule has 0 heterocycles. The van der Waals surface area contributed by atoms with Gasteiger partial charge in [0, 0.05) is 14.1 Å². The molecule has 0 aromatic heterocycles. The second-order valence-corrected chi connectivity index (χ2v) is 3.71. The molecule has 7 nitrogen and oxygen atoms in total. The van der Waals surface area contributed by atoms with Crippen LogP contribution in [0, 0.1) is 0 Å². The van der Waals surface area contributed by atoms with Gasteiger partial charge in [0.15, 0.2) is 0 Å². The molecule has 3 amide bonds. The summed E-state index contributed by atoms with van der Waals surface area (Å²) in [5.41, 5.74) is 0.268. The van der Waals surface area contributed by atoms with Crippen molar-refractivity contribution in [2.75, 3.05) is 25.5 Å².